The standard InChI is InChI=1S/C26H27Cl2N3O4S/c1-18-8-7-9-22(14-18)31(36(34,35)23-10-5-4-6-11-23)17-25(32)30(19(2)26(33)29-3)16-20-12-13-21(27)15-24(20)28/h4-15,19H,16-17H2,1-3H3,(H,29,33). The summed E-state index contributed by atoms with van der Waals surface area (Å²) in [6.07, 6.45) is 0. The maximum absolute atomic E-state index is 13.7. The van der Waals surface area contributed by atoms with Gasteiger partial charge in [0.15, 0.2) is 0 Å². The van der Waals surface area contributed by atoms with Gasteiger partial charge in [-0.2, -0.15) is 0 Å². The lowest BCUT2D eigenvalue weighted by Crippen LogP contribution is -2.50. The van der Waals surface area contributed by atoms with E-state index >= 15 is 0 Å². The number of nitrogens with zero attached hydrogens (tertiary/aromatic N) is 2. The van der Waals surface area contributed by atoms with Gasteiger partial charge < -0.3 is 10.2 Å². The minimum atomic E-state index is -4.10. The van der Waals surface area contributed by atoms with Crippen LogP contribution in [0.4, 0.5) is 5.69 Å². The fraction of sp³-hybridized carbons (Fsp3) is 0.231. The van der Waals surface area contributed by atoms with Gasteiger partial charge in [-0.3, -0.25) is 13.9 Å². The molecule has 3 rings (SSSR count). The number of hydrogen-bond donors (Lipinski definition) is 1. The molecular formula is C26H27Cl2N3O4S. The van der Waals surface area contributed by atoms with Gasteiger partial charge in [0.2, 0.25) is 11.8 Å². The predicted octanol–water partition coefficient (Wildman–Crippen LogP) is 4.66. The molecule has 2 amide bonds. The Bertz CT molecular complexity index is 1350. The summed E-state index contributed by atoms with van der Waals surface area (Å²) < 4.78 is 28.4. The number of nitrogens with one attached hydrogen (secondary N) is 1. The Morgan fingerprint density at radius 2 is 1.67 bits per heavy atom. The highest BCUT2D eigenvalue weighted by atomic mass is 35.5. The molecule has 1 atom stereocenters. The van der Waals surface area contributed by atoms with Crippen LogP contribution in [-0.2, 0) is 26.2 Å². The zero-order valence-electron chi connectivity index (χ0n) is 20.1. The molecule has 0 saturated carbocycles. The lowest BCUT2D eigenvalue weighted by molar-refractivity contribution is -0.139. The molecule has 7 nitrogen and oxygen atoms in total. The second-order valence-electron chi connectivity index (χ2n) is 8.21. The minimum absolute atomic E-state index is 0.0174. The van der Waals surface area contributed by atoms with Crippen molar-refractivity contribution in [2.75, 3.05) is 17.9 Å². The normalized spacial score (nSPS) is 12.0. The first kappa shape index (κ1) is 27.5. The van der Waals surface area contributed by atoms with Gasteiger partial charge in [-0.05, 0) is 61.4 Å². The number of aryl methyl sites for hydroxylation is 1. The summed E-state index contributed by atoms with van der Waals surface area (Å²) in [4.78, 5) is 27.6. The zero-order chi connectivity index (χ0) is 26.5. The Labute approximate surface area is 221 Å². The fourth-order valence-corrected chi connectivity index (χ4v) is 5.55. The summed E-state index contributed by atoms with van der Waals surface area (Å²) in [6.45, 7) is 2.87. The molecule has 0 aliphatic heterocycles. The molecule has 3 aromatic rings. The van der Waals surface area contributed by atoms with E-state index in [9.17, 15) is 18.0 Å². The first-order chi connectivity index (χ1) is 17.0. The van der Waals surface area contributed by atoms with Gasteiger partial charge in [-0.1, -0.05) is 59.6 Å². The maximum Gasteiger partial charge on any atom is 0.264 e. The number of carbonyl (C=O) groups is 2. The van der Waals surface area contributed by atoms with Gasteiger partial charge in [0.1, 0.15) is 12.6 Å². The van der Waals surface area contributed by atoms with Crippen molar-refractivity contribution in [1.29, 1.82) is 0 Å². The molecule has 0 radical (unpaired) electrons. The van der Waals surface area contributed by atoms with E-state index in [1.54, 1.807) is 61.5 Å². The molecule has 0 spiro atoms. The smallest absolute Gasteiger partial charge is 0.264 e. The number of carbonyl (C=O) groups excluding carboxylic acids is 2. The lowest BCUT2D eigenvalue weighted by atomic mass is 10.1. The van der Waals surface area contributed by atoms with Crippen LogP contribution in [0.1, 0.15) is 18.1 Å². The molecule has 0 aliphatic carbocycles. The Morgan fingerprint density at radius 1 is 0.972 bits per heavy atom. The third kappa shape index (κ3) is 6.37. The van der Waals surface area contributed by atoms with Crippen molar-refractivity contribution in [1.82, 2.24) is 10.2 Å². The maximum atomic E-state index is 13.7. The zero-order valence-corrected chi connectivity index (χ0v) is 22.4. The van der Waals surface area contributed by atoms with Crippen LogP contribution >= 0.6 is 23.2 Å². The summed E-state index contributed by atoms with van der Waals surface area (Å²) in [7, 11) is -2.63. The number of anilines is 1. The summed E-state index contributed by atoms with van der Waals surface area (Å²) in [5.74, 6) is -0.973. The van der Waals surface area contributed by atoms with Crippen LogP contribution in [-0.4, -0.2) is 44.8 Å². The van der Waals surface area contributed by atoms with Gasteiger partial charge in [0.05, 0.1) is 10.6 Å². The molecule has 0 heterocycles. The number of benzene rings is 3. The molecule has 0 saturated heterocycles. The van der Waals surface area contributed by atoms with Gasteiger partial charge in [-0.15, -0.1) is 0 Å². The predicted molar refractivity (Wildman–Crippen MR) is 143 cm³/mol. The quantitative estimate of drug-likeness (QED) is 0.422. The van der Waals surface area contributed by atoms with Crippen molar-refractivity contribution < 1.29 is 18.0 Å². The third-order valence-electron chi connectivity index (χ3n) is 5.67. The molecule has 1 unspecified atom stereocenters. The van der Waals surface area contributed by atoms with E-state index in [4.69, 9.17) is 23.2 Å². The molecule has 36 heavy (non-hydrogen) atoms. The number of amides is 2. The summed E-state index contributed by atoms with van der Waals surface area (Å²) in [5.41, 5.74) is 1.74. The van der Waals surface area contributed by atoms with Crippen LogP contribution in [0.5, 0.6) is 0 Å². The van der Waals surface area contributed by atoms with E-state index in [1.165, 1.54) is 24.1 Å². The summed E-state index contributed by atoms with van der Waals surface area (Å²) in [6, 6.07) is 18.7. The fourth-order valence-electron chi connectivity index (χ4n) is 3.66. The Hall–Kier alpha value is -3.07. The van der Waals surface area contributed by atoms with E-state index in [-0.39, 0.29) is 11.4 Å². The summed E-state index contributed by atoms with van der Waals surface area (Å²) >= 11 is 12.3. The molecule has 0 bridgehead atoms. The number of sulfonamides is 1. The highest BCUT2D eigenvalue weighted by Gasteiger charge is 2.32. The van der Waals surface area contributed by atoms with Gasteiger partial charge in [0, 0.05) is 23.6 Å². The monoisotopic (exact) mass is 547 g/mol. The molecule has 10 heteroatoms. The SMILES string of the molecule is CNC(=O)C(C)N(Cc1ccc(Cl)cc1Cl)C(=O)CN(c1cccc(C)c1)S(=O)(=O)c1ccccc1. The van der Waals surface area contributed by atoms with Crippen LogP contribution < -0.4 is 9.62 Å². The van der Waals surface area contributed by atoms with Gasteiger partial charge in [-0.25, -0.2) is 8.42 Å². The van der Waals surface area contributed by atoms with E-state index in [0.717, 1.165) is 9.87 Å². The Balaban J connectivity index is 2.04. The molecular weight excluding hydrogens is 521 g/mol. The van der Waals surface area contributed by atoms with Crippen molar-refractivity contribution >= 4 is 50.7 Å². The van der Waals surface area contributed by atoms with E-state index < -0.39 is 34.4 Å². The van der Waals surface area contributed by atoms with Crippen LogP contribution in [0.3, 0.4) is 0 Å². The molecule has 190 valence electrons. The first-order valence-electron chi connectivity index (χ1n) is 11.1. The molecule has 1 N–H and O–H groups in total. The van der Waals surface area contributed by atoms with Crippen LogP contribution in [0, 0.1) is 6.92 Å². The van der Waals surface area contributed by atoms with E-state index in [2.05, 4.69) is 5.32 Å². The number of rotatable bonds is 9. The van der Waals surface area contributed by atoms with Gasteiger partial charge >= 0.3 is 0 Å². The number of halogens is 2. The third-order valence-corrected chi connectivity index (χ3v) is 8.04. The van der Waals surface area contributed by atoms with Crippen LogP contribution in [0.15, 0.2) is 77.7 Å². The van der Waals surface area contributed by atoms with Gasteiger partial charge in [0.25, 0.3) is 10.0 Å². The Morgan fingerprint density at radius 3 is 2.28 bits per heavy atom. The van der Waals surface area contributed by atoms with Crippen LogP contribution in [0.25, 0.3) is 0 Å². The van der Waals surface area contributed by atoms with Crippen LogP contribution in [0.2, 0.25) is 10.0 Å². The highest BCUT2D eigenvalue weighted by Crippen LogP contribution is 2.27. The van der Waals surface area contributed by atoms with E-state index in [1.807, 2.05) is 13.0 Å². The van der Waals surface area contributed by atoms with Crippen molar-refractivity contribution in [2.45, 2.75) is 31.3 Å². The molecule has 0 aromatic heterocycles. The summed E-state index contributed by atoms with van der Waals surface area (Å²) in [5, 5.41) is 3.30. The first-order valence-corrected chi connectivity index (χ1v) is 13.3. The second kappa shape index (κ2) is 11.8. The molecule has 3 aromatic carbocycles. The number of hydrogen-bond acceptors (Lipinski definition) is 4. The topological polar surface area (TPSA) is 86.8 Å². The second-order valence-corrected chi connectivity index (χ2v) is 10.9. The van der Waals surface area contributed by atoms with Crippen molar-refractivity contribution in [3.8, 4) is 0 Å². The van der Waals surface area contributed by atoms with Crippen molar-refractivity contribution in [2.24, 2.45) is 0 Å². The minimum Gasteiger partial charge on any atom is -0.357 e. The average Bonchev–Trinajstić information content (AvgIpc) is 2.86. The highest BCUT2D eigenvalue weighted by molar-refractivity contribution is 7.92. The largest absolute Gasteiger partial charge is 0.357 e. The number of likely N-dealkylation sites (N-methyl/N-ethyl adjacent to an activating group) is 1. The average molecular weight is 548 g/mol. The van der Waals surface area contributed by atoms with Crippen molar-refractivity contribution in [3.63, 3.8) is 0 Å². The van der Waals surface area contributed by atoms with E-state index in [0.29, 0.717) is 21.3 Å². The Kier molecular flexibility index (Phi) is 9.00. The molecule has 0 aliphatic rings. The van der Waals surface area contributed by atoms with Crippen molar-refractivity contribution in [3.05, 3.63) is 94.0 Å². The molecule has 0 fully saturated rings. The lowest BCUT2D eigenvalue weighted by Gasteiger charge is -2.32.